The van der Waals surface area contributed by atoms with E-state index in [0.29, 0.717) is 24.8 Å². The molecule has 1 heterocycles. The van der Waals surface area contributed by atoms with Gasteiger partial charge >= 0.3 is 0 Å². The molecule has 47 heavy (non-hydrogen) atoms. The quantitative estimate of drug-likeness (QED) is 0.214. The number of piperidine rings is 1. The Hall–Kier alpha value is -5.01. The molecule has 1 saturated heterocycles. The van der Waals surface area contributed by atoms with Crippen LogP contribution in [0.25, 0.3) is 6.08 Å². The van der Waals surface area contributed by atoms with Gasteiger partial charge in [0.25, 0.3) is 0 Å². The Labute approximate surface area is 270 Å². The lowest BCUT2D eigenvalue weighted by Gasteiger charge is -2.51. The number of aryl methyl sites for hydroxylation is 1. The molecule has 3 aliphatic carbocycles. The van der Waals surface area contributed by atoms with Crippen molar-refractivity contribution >= 4 is 17.6 Å². The molecular formula is C40H30F3NO3. The lowest BCUT2D eigenvalue weighted by molar-refractivity contribution is -0.126. The summed E-state index contributed by atoms with van der Waals surface area (Å²) in [5.41, 5.74) is 4.53. The fourth-order valence-electron chi connectivity index (χ4n) is 7.97. The highest BCUT2D eigenvalue weighted by molar-refractivity contribution is 6.13. The molecule has 3 unspecified atom stereocenters. The second-order valence-corrected chi connectivity index (χ2v) is 12.6. The molecule has 1 fully saturated rings. The minimum absolute atomic E-state index is 0.00327. The van der Waals surface area contributed by atoms with Gasteiger partial charge in [0.1, 0.15) is 12.4 Å². The zero-order valence-electron chi connectivity index (χ0n) is 25.4. The number of hydrogen-bond acceptors (Lipinski definition) is 4. The van der Waals surface area contributed by atoms with Gasteiger partial charge in [0.2, 0.25) is 5.78 Å². The number of halogens is 3. The highest BCUT2D eigenvalue weighted by atomic mass is 19.2. The molecule has 3 atom stereocenters. The highest BCUT2D eigenvalue weighted by Crippen LogP contribution is 2.58. The Morgan fingerprint density at radius 3 is 2.47 bits per heavy atom. The van der Waals surface area contributed by atoms with Crippen molar-refractivity contribution in [3.63, 3.8) is 0 Å². The minimum atomic E-state index is -1.01. The largest absolute Gasteiger partial charge is 0.484 e. The van der Waals surface area contributed by atoms with Crippen LogP contribution in [0, 0.1) is 23.4 Å². The number of Topliss-reactive ketones (excluding diaryl/α,β-unsaturated/α-hetero) is 1. The first-order chi connectivity index (χ1) is 22.9. The molecule has 234 valence electrons. The summed E-state index contributed by atoms with van der Waals surface area (Å²) in [7, 11) is 0. The third kappa shape index (κ3) is 4.63. The van der Waals surface area contributed by atoms with E-state index in [1.807, 2.05) is 60.7 Å². The summed E-state index contributed by atoms with van der Waals surface area (Å²) in [6.45, 7) is 0.372. The van der Waals surface area contributed by atoms with Gasteiger partial charge in [-0.25, -0.2) is 13.2 Å². The van der Waals surface area contributed by atoms with Crippen molar-refractivity contribution in [2.75, 3.05) is 6.54 Å². The number of rotatable bonds is 7. The van der Waals surface area contributed by atoms with Crippen LogP contribution in [0.5, 0.6) is 0 Å². The van der Waals surface area contributed by atoms with Gasteiger partial charge in [-0.05, 0) is 83.0 Å². The number of ether oxygens (including phenoxy) is 1. The van der Waals surface area contributed by atoms with Crippen LogP contribution in [-0.4, -0.2) is 29.1 Å². The maximum atomic E-state index is 15.5. The Kier molecular flexibility index (Phi) is 7.10. The van der Waals surface area contributed by atoms with Gasteiger partial charge in [0.15, 0.2) is 23.2 Å². The second kappa shape index (κ2) is 11.4. The lowest BCUT2D eigenvalue weighted by Crippen LogP contribution is -2.59. The van der Waals surface area contributed by atoms with Gasteiger partial charge in [0.05, 0.1) is 17.2 Å². The monoisotopic (exact) mass is 629 g/mol. The number of hydrogen-bond donors (Lipinski definition) is 0. The molecule has 4 aromatic rings. The average molecular weight is 630 g/mol. The Bertz CT molecular complexity index is 2050. The van der Waals surface area contributed by atoms with E-state index in [1.54, 1.807) is 24.3 Å². The highest BCUT2D eigenvalue weighted by Gasteiger charge is 2.58. The van der Waals surface area contributed by atoms with E-state index in [0.717, 1.165) is 33.9 Å². The van der Waals surface area contributed by atoms with Crippen LogP contribution >= 0.6 is 0 Å². The second-order valence-electron chi connectivity index (χ2n) is 12.6. The van der Waals surface area contributed by atoms with Gasteiger partial charge in [-0.15, -0.1) is 0 Å². The maximum absolute atomic E-state index is 15.5. The molecule has 0 N–H and O–H groups in total. The zero-order chi connectivity index (χ0) is 32.3. The number of carbonyl (C=O) groups is 2. The third-order valence-electron chi connectivity index (χ3n) is 10.0. The van der Waals surface area contributed by atoms with Gasteiger partial charge in [0, 0.05) is 18.0 Å². The SMILES string of the molecule is O=C1C=CC2C(=C1OCc1ccccc1)C(=O)C(CCc1cccc(F)c1)CN2C12C(=Cc3c1ccc(F)c3F)Cc1ccccc12. The van der Waals surface area contributed by atoms with E-state index < -0.39 is 34.9 Å². The Morgan fingerprint density at radius 2 is 1.64 bits per heavy atom. The van der Waals surface area contributed by atoms with Crippen LogP contribution in [0.4, 0.5) is 13.2 Å². The normalized spacial score (nSPS) is 22.9. The first-order valence-electron chi connectivity index (χ1n) is 15.8. The predicted molar refractivity (Wildman–Crippen MR) is 171 cm³/mol. The molecule has 4 nitrogen and oxygen atoms in total. The molecule has 0 spiro atoms. The number of allylic oxidation sites excluding steroid dienone is 1. The van der Waals surface area contributed by atoms with Crippen molar-refractivity contribution in [2.45, 2.75) is 37.5 Å². The molecule has 0 bridgehead atoms. The fraction of sp³-hybridized carbons (Fsp3) is 0.200. The van der Waals surface area contributed by atoms with Crippen LogP contribution in [0.15, 0.2) is 120 Å². The predicted octanol–water partition coefficient (Wildman–Crippen LogP) is 7.41. The summed E-state index contributed by atoms with van der Waals surface area (Å²) in [5, 5.41) is 0. The van der Waals surface area contributed by atoms with E-state index in [1.165, 1.54) is 18.2 Å². The summed E-state index contributed by atoms with van der Waals surface area (Å²) in [6, 6.07) is 25.8. The number of benzene rings is 4. The van der Waals surface area contributed by atoms with Crippen molar-refractivity contribution in [1.29, 1.82) is 0 Å². The molecule has 0 saturated carbocycles. The zero-order valence-corrected chi connectivity index (χ0v) is 25.4. The first kappa shape index (κ1) is 29.4. The fourth-order valence-corrected chi connectivity index (χ4v) is 7.97. The molecule has 0 aromatic heterocycles. The Morgan fingerprint density at radius 1 is 0.851 bits per heavy atom. The lowest BCUT2D eigenvalue weighted by atomic mass is 9.74. The molecule has 1 aliphatic heterocycles. The van der Waals surface area contributed by atoms with E-state index in [9.17, 15) is 18.4 Å². The summed E-state index contributed by atoms with van der Waals surface area (Å²) >= 11 is 0. The average Bonchev–Trinajstić information content (AvgIpc) is 3.58. The smallest absolute Gasteiger partial charge is 0.220 e. The van der Waals surface area contributed by atoms with Gasteiger partial charge in [-0.3, -0.25) is 14.5 Å². The number of ketones is 2. The van der Waals surface area contributed by atoms with Crippen molar-refractivity contribution in [2.24, 2.45) is 5.92 Å². The van der Waals surface area contributed by atoms with Gasteiger partial charge in [-0.1, -0.05) is 78.9 Å². The molecular weight excluding hydrogens is 599 g/mol. The van der Waals surface area contributed by atoms with Gasteiger partial charge in [-0.2, -0.15) is 0 Å². The Balaban J connectivity index is 1.29. The third-order valence-corrected chi connectivity index (χ3v) is 10.0. The number of likely N-dealkylation sites (tertiary alicyclic amines) is 1. The maximum Gasteiger partial charge on any atom is 0.220 e. The topological polar surface area (TPSA) is 46.6 Å². The standard InChI is InChI=1S/C40H30F3NO3/c41-29-11-6-9-24(19-29)13-14-27-22-44(34-17-18-35(45)39(36(34)38(27)46)47-23-25-7-2-1-3-8-25)40-28(20-26-10-4-5-12-31(26)40)21-30-32(40)15-16-33(42)37(30)43/h1-12,15-19,21,27,34H,13-14,20,22-23H2. The number of nitrogens with zero attached hydrogens (tertiary/aromatic N) is 1. The van der Waals surface area contributed by atoms with Crippen LogP contribution < -0.4 is 0 Å². The van der Waals surface area contributed by atoms with Crippen LogP contribution in [0.3, 0.4) is 0 Å². The van der Waals surface area contributed by atoms with Crippen LogP contribution in [-0.2, 0) is 39.3 Å². The first-order valence-corrected chi connectivity index (χ1v) is 15.8. The molecule has 8 rings (SSSR count). The van der Waals surface area contributed by atoms with Crippen LogP contribution in [0.1, 0.15) is 39.8 Å². The molecule has 0 amide bonds. The number of carbonyl (C=O) groups excluding carboxylic acids is 2. The number of fused-ring (bicyclic) bond motifs is 6. The summed E-state index contributed by atoms with van der Waals surface area (Å²) in [6.07, 6.45) is 6.28. The van der Waals surface area contributed by atoms with Crippen molar-refractivity contribution in [1.82, 2.24) is 4.90 Å². The van der Waals surface area contributed by atoms with Crippen LogP contribution in [0.2, 0.25) is 0 Å². The van der Waals surface area contributed by atoms with Crippen molar-refractivity contribution in [3.8, 4) is 0 Å². The van der Waals surface area contributed by atoms with E-state index in [4.69, 9.17) is 4.74 Å². The van der Waals surface area contributed by atoms with E-state index in [-0.39, 0.29) is 41.6 Å². The summed E-state index contributed by atoms with van der Waals surface area (Å²) in [4.78, 5) is 30.2. The van der Waals surface area contributed by atoms with Crippen molar-refractivity contribution < 1.29 is 27.5 Å². The summed E-state index contributed by atoms with van der Waals surface area (Å²) in [5.74, 6) is -3.36. The van der Waals surface area contributed by atoms with E-state index in [2.05, 4.69) is 4.90 Å². The van der Waals surface area contributed by atoms with E-state index >= 15 is 4.39 Å². The molecule has 0 radical (unpaired) electrons. The summed E-state index contributed by atoms with van der Waals surface area (Å²) < 4.78 is 50.4. The minimum Gasteiger partial charge on any atom is -0.484 e. The van der Waals surface area contributed by atoms with Crippen molar-refractivity contribution in [3.05, 3.63) is 171 Å². The molecule has 7 heteroatoms. The molecule has 4 aromatic carbocycles. The van der Waals surface area contributed by atoms with Gasteiger partial charge < -0.3 is 4.74 Å². The molecule has 4 aliphatic rings.